The summed E-state index contributed by atoms with van der Waals surface area (Å²) in [6.45, 7) is 4.32. The smallest absolute Gasteiger partial charge is 0.347 e. The second-order valence-corrected chi connectivity index (χ2v) is 6.25. The number of rotatable bonds is 5. The van der Waals surface area contributed by atoms with Crippen molar-refractivity contribution in [2.45, 2.75) is 58.5 Å². The molecule has 2 rings (SSSR count). The predicted molar refractivity (Wildman–Crippen MR) is 82.1 cm³/mol. The Labute approximate surface area is 132 Å². The maximum atomic E-state index is 12.4. The van der Waals surface area contributed by atoms with Crippen molar-refractivity contribution in [1.29, 1.82) is 0 Å². The van der Waals surface area contributed by atoms with Gasteiger partial charge < -0.3 is 4.74 Å². The summed E-state index contributed by atoms with van der Waals surface area (Å²) in [5, 5.41) is 4.24. The SMILES string of the molecule is CCOC(=O)C(C)n1c(Br)nn(CC2CCCCC2)c1=O. The molecule has 0 aliphatic heterocycles. The molecule has 1 aliphatic rings. The molecule has 1 aliphatic carbocycles. The van der Waals surface area contributed by atoms with Crippen LogP contribution in [0.4, 0.5) is 0 Å². The van der Waals surface area contributed by atoms with Crippen molar-refractivity contribution in [3.63, 3.8) is 0 Å². The largest absolute Gasteiger partial charge is 0.464 e. The van der Waals surface area contributed by atoms with Crippen molar-refractivity contribution < 1.29 is 9.53 Å². The van der Waals surface area contributed by atoms with Crippen LogP contribution in [0, 0.1) is 5.92 Å². The average Bonchev–Trinajstić information content (AvgIpc) is 2.74. The summed E-state index contributed by atoms with van der Waals surface area (Å²) in [6.07, 6.45) is 6.01. The molecule has 21 heavy (non-hydrogen) atoms. The lowest BCUT2D eigenvalue weighted by Gasteiger charge is -2.20. The zero-order chi connectivity index (χ0) is 15.4. The van der Waals surface area contributed by atoms with E-state index >= 15 is 0 Å². The number of hydrogen-bond donors (Lipinski definition) is 0. The number of hydrogen-bond acceptors (Lipinski definition) is 4. The van der Waals surface area contributed by atoms with Gasteiger partial charge in [0.1, 0.15) is 6.04 Å². The minimum absolute atomic E-state index is 0.256. The van der Waals surface area contributed by atoms with Crippen molar-refractivity contribution in [2.75, 3.05) is 6.61 Å². The highest BCUT2D eigenvalue weighted by Crippen LogP contribution is 2.24. The van der Waals surface area contributed by atoms with Crippen LogP contribution in [0.1, 0.15) is 52.0 Å². The third kappa shape index (κ3) is 3.75. The quantitative estimate of drug-likeness (QED) is 0.757. The molecule has 0 amide bonds. The molecule has 1 aromatic heterocycles. The van der Waals surface area contributed by atoms with Gasteiger partial charge in [-0.3, -0.25) is 4.57 Å². The molecule has 1 aromatic rings. The molecule has 7 heteroatoms. The minimum Gasteiger partial charge on any atom is -0.464 e. The van der Waals surface area contributed by atoms with E-state index in [9.17, 15) is 9.59 Å². The van der Waals surface area contributed by atoms with Crippen molar-refractivity contribution in [1.82, 2.24) is 14.3 Å². The lowest BCUT2D eigenvalue weighted by molar-refractivity contribution is -0.146. The van der Waals surface area contributed by atoms with E-state index in [1.54, 1.807) is 13.8 Å². The van der Waals surface area contributed by atoms with E-state index in [1.165, 1.54) is 28.5 Å². The van der Waals surface area contributed by atoms with Crippen LogP contribution in [0.15, 0.2) is 9.53 Å². The Hall–Kier alpha value is -1.11. The molecule has 0 radical (unpaired) electrons. The number of carbonyl (C=O) groups excluding carboxylic acids is 1. The van der Waals surface area contributed by atoms with Crippen LogP contribution in [-0.4, -0.2) is 26.9 Å². The van der Waals surface area contributed by atoms with Crippen LogP contribution in [0.3, 0.4) is 0 Å². The van der Waals surface area contributed by atoms with Gasteiger partial charge in [0.15, 0.2) is 0 Å². The Balaban J connectivity index is 2.16. The number of halogens is 1. The van der Waals surface area contributed by atoms with Gasteiger partial charge in [-0.2, -0.15) is 0 Å². The van der Waals surface area contributed by atoms with Crippen LogP contribution in [0.5, 0.6) is 0 Å². The molecule has 1 atom stereocenters. The van der Waals surface area contributed by atoms with Crippen molar-refractivity contribution in [2.24, 2.45) is 5.92 Å². The van der Waals surface area contributed by atoms with Gasteiger partial charge in [-0.05, 0) is 48.5 Å². The highest BCUT2D eigenvalue weighted by atomic mass is 79.9. The second kappa shape index (κ2) is 7.24. The predicted octanol–water partition coefficient (Wildman–Crippen LogP) is 2.51. The third-order valence-electron chi connectivity index (χ3n) is 4.00. The molecule has 0 bridgehead atoms. The average molecular weight is 360 g/mol. The fourth-order valence-electron chi connectivity index (χ4n) is 2.82. The molecule has 1 fully saturated rings. The summed E-state index contributed by atoms with van der Waals surface area (Å²) in [6, 6.07) is -0.674. The van der Waals surface area contributed by atoms with E-state index in [0.29, 0.717) is 23.8 Å². The molecule has 0 N–H and O–H groups in total. The molecule has 0 aromatic carbocycles. The zero-order valence-electron chi connectivity index (χ0n) is 12.5. The fraction of sp³-hybridized carbons (Fsp3) is 0.786. The fourth-order valence-corrected chi connectivity index (χ4v) is 3.47. The lowest BCUT2D eigenvalue weighted by Crippen LogP contribution is -2.32. The molecular formula is C14H22BrN3O3. The van der Waals surface area contributed by atoms with Gasteiger partial charge in [-0.25, -0.2) is 14.3 Å². The van der Waals surface area contributed by atoms with Crippen molar-refractivity contribution >= 4 is 21.9 Å². The van der Waals surface area contributed by atoms with Crippen LogP contribution >= 0.6 is 15.9 Å². The first-order valence-electron chi connectivity index (χ1n) is 7.56. The standard InChI is InChI=1S/C14H22BrN3O3/c1-3-21-12(19)10(2)18-13(15)16-17(14(18)20)9-11-7-5-4-6-8-11/h10-11H,3-9H2,1-2H3. The number of ether oxygens (including phenoxy) is 1. The van der Waals surface area contributed by atoms with Gasteiger partial charge in [-0.1, -0.05) is 19.3 Å². The van der Waals surface area contributed by atoms with E-state index < -0.39 is 12.0 Å². The lowest BCUT2D eigenvalue weighted by atomic mass is 9.89. The summed E-state index contributed by atoms with van der Waals surface area (Å²) < 4.78 is 8.17. The monoisotopic (exact) mass is 359 g/mol. The minimum atomic E-state index is -0.674. The van der Waals surface area contributed by atoms with Gasteiger partial charge in [0.05, 0.1) is 6.61 Å². The number of carbonyl (C=O) groups is 1. The topological polar surface area (TPSA) is 66.1 Å². The van der Waals surface area contributed by atoms with Crippen LogP contribution < -0.4 is 5.69 Å². The number of aromatic nitrogens is 3. The van der Waals surface area contributed by atoms with Gasteiger partial charge in [0.25, 0.3) is 0 Å². The van der Waals surface area contributed by atoms with Crippen LogP contribution in [0.25, 0.3) is 0 Å². The first-order chi connectivity index (χ1) is 10.0. The van der Waals surface area contributed by atoms with Gasteiger partial charge >= 0.3 is 11.7 Å². The van der Waals surface area contributed by atoms with E-state index in [2.05, 4.69) is 21.0 Å². The molecule has 6 nitrogen and oxygen atoms in total. The molecule has 0 spiro atoms. The van der Waals surface area contributed by atoms with E-state index in [0.717, 1.165) is 12.8 Å². The van der Waals surface area contributed by atoms with Crippen molar-refractivity contribution in [3.05, 3.63) is 15.2 Å². The van der Waals surface area contributed by atoms with Gasteiger partial charge in [0.2, 0.25) is 4.73 Å². The molecule has 1 unspecified atom stereocenters. The summed E-state index contributed by atoms with van der Waals surface area (Å²) in [4.78, 5) is 24.2. The summed E-state index contributed by atoms with van der Waals surface area (Å²) in [5.41, 5.74) is -0.256. The Bertz CT molecular complexity index is 546. The number of nitrogens with zero attached hydrogens (tertiary/aromatic N) is 3. The van der Waals surface area contributed by atoms with Crippen LogP contribution in [0.2, 0.25) is 0 Å². The van der Waals surface area contributed by atoms with Crippen LogP contribution in [-0.2, 0) is 16.1 Å². The highest BCUT2D eigenvalue weighted by molar-refractivity contribution is 9.10. The Morgan fingerprint density at radius 2 is 2.10 bits per heavy atom. The molecule has 1 saturated carbocycles. The van der Waals surface area contributed by atoms with E-state index in [1.807, 2.05) is 0 Å². The second-order valence-electron chi connectivity index (χ2n) is 5.54. The maximum absolute atomic E-state index is 12.4. The molecule has 118 valence electrons. The summed E-state index contributed by atoms with van der Waals surface area (Å²) in [5.74, 6) is 0.0853. The molecular weight excluding hydrogens is 338 g/mol. The first kappa shape index (κ1) is 16.3. The normalized spacial score (nSPS) is 17.7. The van der Waals surface area contributed by atoms with Gasteiger partial charge in [0, 0.05) is 6.54 Å². The van der Waals surface area contributed by atoms with Crippen molar-refractivity contribution in [3.8, 4) is 0 Å². The van der Waals surface area contributed by atoms with E-state index in [-0.39, 0.29) is 5.69 Å². The summed E-state index contributed by atoms with van der Waals surface area (Å²) >= 11 is 3.28. The number of esters is 1. The zero-order valence-corrected chi connectivity index (χ0v) is 14.1. The Kier molecular flexibility index (Phi) is 5.61. The Morgan fingerprint density at radius 3 is 2.71 bits per heavy atom. The molecule has 0 saturated heterocycles. The molecule has 1 heterocycles. The Morgan fingerprint density at radius 1 is 1.43 bits per heavy atom. The highest BCUT2D eigenvalue weighted by Gasteiger charge is 2.24. The first-order valence-corrected chi connectivity index (χ1v) is 8.35. The van der Waals surface area contributed by atoms with E-state index in [4.69, 9.17) is 4.74 Å². The van der Waals surface area contributed by atoms with Gasteiger partial charge in [-0.15, -0.1) is 5.10 Å². The maximum Gasteiger partial charge on any atom is 0.347 e. The third-order valence-corrected chi connectivity index (χ3v) is 4.54. The summed E-state index contributed by atoms with van der Waals surface area (Å²) in [7, 11) is 0.